The molecule has 1 aromatic carbocycles. The number of nitrogens with zero attached hydrogens (tertiary/aromatic N) is 2. The second kappa shape index (κ2) is 4.61. The highest BCUT2D eigenvalue weighted by molar-refractivity contribution is 5.93. The molecule has 1 amide bonds. The molecule has 0 aliphatic heterocycles. The molecular weight excluding hydrogens is 212 g/mol. The average molecular weight is 224 g/mol. The summed E-state index contributed by atoms with van der Waals surface area (Å²) < 4.78 is 4.89. The van der Waals surface area contributed by atoms with Gasteiger partial charge >= 0.3 is 0 Å². The number of rotatable bonds is 3. The maximum Gasteiger partial charge on any atom is 0.296 e. The Morgan fingerprint density at radius 1 is 1.50 bits per heavy atom. The monoisotopic (exact) mass is 224 g/mol. The molecule has 6 heteroatoms. The zero-order chi connectivity index (χ0) is 12.3. The molecule has 16 heavy (non-hydrogen) atoms. The molecule has 0 aliphatic carbocycles. The summed E-state index contributed by atoms with van der Waals surface area (Å²) in [5.41, 5.74) is 0.0929. The van der Waals surface area contributed by atoms with Crippen LogP contribution in [0.4, 0.5) is 11.4 Å². The minimum atomic E-state index is -0.544. The number of carbonyl (C=O) groups excluding carboxylic acids is 1. The molecule has 0 saturated heterocycles. The quantitative estimate of drug-likeness (QED) is 0.577. The highest BCUT2D eigenvalue weighted by atomic mass is 16.6. The molecule has 0 unspecified atom stereocenters. The minimum absolute atomic E-state index is 0.156. The van der Waals surface area contributed by atoms with Crippen molar-refractivity contribution in [1.82, 2.24) is 0 Å². The van der Waals surface area contributed by atoms with E-state index in [0.717, 1.165) is 0 Å². The molecule has 0 spiro atoms. The standard InChI is InChI=1S/C10H12N2O4/c1-7(13)11(2)9-5-4-8(16-3)6-10(9)12(14)15/h4-6H,1-3H3. The lowest BCUT2D eigenvalue weighted by Crippen LogP contribution is -2.23. The first-order valence-corrected chi connectivity index (χ1v) is 4.54. The lowest BCUT2D eigenvalue weighted by Gasteiger charge is -2.15. The van der Waals surface area contributed by atoms with Crippen LogP contribution in [0.1, 0.15) is 6.92 Å². The fraction of sp³-hybridized carbons (Fsp3) is 0.300. The van der Waals surface area contributed by atoms with Gasteiger partial charge in [-0.05, 0) is 12.1 Å². The third-order valence-corrected chi connectivity index (χ3v) is 2.21. The van der Waals surface area contributed by atoms with E-state index < -0.39 is 4.92 Å². The van der Waals surface area contributed by atoms with Crippen molar-refractivity contribution in [2.75, 3.05) is 19.1 Å². The van der Waals surface area contributed by atoms with E-state index in [4.69, 9.17) is 4.74 Å². The van der Waals surface area contributed by atoms with Crippen molar-refractivity contribution < 1.29 is 14.5 Å². The predicted molar refractivity (Wildman–Crippen MR) is 58.7 cm³/mol. The Morgan fingerprint density at radius 2 is 2.12 bits per heavy atom. The van der Waals surface area contributed by atoms with Gasteiger partial charge in [-0.25, -0.2) is 0 Å². The van der Waals surface area contributed by atoms with E-state index in [0.29, 0.717) is 5.75 Å². The van der Waals surface area contributed by atoms with E-state index >= 15 is 0 Å². The zero-order valence-corrected chi connectivity index (χ0v) is 9.26. The SMILES string of the molecule is COc1ccc(N(C)C(C)=O)c([N+](=O)[O-])c1. The van der Waals surface area contributed by atoms with Crippen molar-refractivity contribution in [2.45, 2.75) is 6.92 Å². The molecule has 0 heterocycles. The van der Waals surface area contributed by atoms with Gasteiger partial charge in [0.25, 0.3) is 5.69 Å². The molecule has 0 fully saturated rings. The van der Waals surface area contributed by atoms with Crippen LogP contribution < -0.4 is 9.64 Å². The molecule has 6 nitrogen and oxygen atoms in total. The first kappa shape index (κ1) is 12.0. The van der Waals surface area contributed by atoms with Gasteiger partial charge in [-0.2, -0.15) is 0 Å². The number of hydrogen-bond donors (Lipinski definition) is 0. The van der Waals surface area contributed by atoms with Gasteiger partial charge in [0.05, 0.1) is 18.1 Å². The van der Waals surface area contributed by atoms with Gasteiger partial charge in [0, 0.05) is 14.0 Å². The lowest BCUT2D eigenvalue weighted by molar-refractivity contribution is -0.384. The smallest absolute Gasteiger partial charge is 0.296 e. The second-order valence-electron chi connectivity index (χ2n) is 3.19. The van der Waals surface area contributed by atoms with Crippen LogP contribution in [0.15, 0.2) is 18.2 Å². The molecule has 0 aliphatic rings. The summed E-state index contributed by atoms with van der Waals surface area (Å²) >= 11 is 0. The number of benzene rings is 1. The van der Waals surface area contributed by atoms with Crippen LogP contribution in [-0.2, 0) is 4.79 Å². The summed E-state index contributed by atoms with van der Waals surface area (Å²) in [6, 6.07) is 4.34. The van der Waals surface area contributed by atoms with E-state index in [1.54, 1.807) is 6.07 Å². The number of nitro benzene ring substituents is 1. The Balaban J connectivity index is 3.28. The topological polar surface area (TPSA) is 72.7 Å². The van der Waals surface area contributed by atoms with Crippen LogP contribution in [0, 0.1) is 10.1 Å². The number of anilines is 1. The van der Waals surface area contributed by atoms with Crippen molar-refractivity contribution in [2.24, 2.45) is 0 Å². The molecule has 86 valence electrons. The average Bonchev–Trinajstić information content (AvgIpc) is 2.26. The van der Waals surface area contributed by atoms with Crippen LogP contribution in [0.2, 0.25) is 0 Å². The number of amides is 1. The lowest BCUT2D eigenvalue weighted by atomic mass is 10.2. The molecule has 0 N–H and O–H groups in total. The summed E-state index contributed by atoms with van der Waals surface area (Å²) in [6.45, 7) is 1.34. The van der Waals surface area contributed by atoms with Gasteiger partial charge in [-0.3, -0.25) is 14.9 Å². The number of hydrogen-bond acceptors (Lipinski definition) is 4. The Morgan fingerprint density at radius 3 is 2.56 bits per heavy atom. The van der Waals surface area contributed by atoms with Crippen LogP contribution in [0.5, 0.6) is 5.75 Å². The summed E-state index contributed by atoms with van der Waals surface area (Å²) in [6.07, 6.45) is 0. The Hall–Kier alpha value is -2.11. The first-order valence-electron chi connectivity index (χ1n) is 4.54. The van der Waals surface area contributed by atoms with Crippen molar-refractivity contribution in [1.29, 1.82) is 0 Å². The highest BCUT2D eigenvalue weighted by Crippen LogP contribution is 2.31. The summed E-state index contributed by atoms with van der Waals surface area (Å²) in [5, 5.41) is 10.8. The van der Waals surface area contributed by atoms with Gasteiger partial charge in [0.15, 0.2) is 0 Å². The maximum absolute atomic E-state index is 11.1. The van der Waals surface area contributed by atoms with Crippen molar-refractivity contribution in [3.8, 4) is 5.75 Å². The third-order valence-electron chi connectivity index (χ3n) is 2.21. The molecule has 1 rings (SSSR count). The molecule has 0 bridgehead atoms. The number of ether oxygens (including phenoxy) is 1. The van der Waals surface area contributed by atoms with Crippen molar-refractivity contribution in [3.63, 3.8) is 0 Å². The molecule has 0 atom stereocenters. The third kappa shape index (κ3) is 2.28. The normalized spacial score (nSPS) is 9.69. The van der Waals surface area contributed by atoms with E-state index in [2.05, 4.69) is 0 Å². The number of nitro groups is 1. The molecule has 1 aromatic rings. The maximum atomic E-state index is 11.1. The fourth-order valence-electron chi connectivity index (χ4n) is 1.23. The highest BCUT2D eigenvalue weighted by Gasteiger charge is 2.20. The van der Waals surface area contributed by atoms with Crippen LogP contribution in [0.3, 0.4) is 0 Å². The minimum Gasteiger partial charge on any atom is -0.496 e. The van der Waals surface area contributed by atoms with Gasteiger partial charge in [0.2, 0.25) is 5.91 Å². The van der Waals surface area contributed by atoms with Crippen LogP contribution in [-0.4, -0.2) is 25.0 Å². The fourth-order valence-corrected chi connectivity index (χ4v) is 1.23. The summed E-state index contributed by atoms with van der Waals surface area (Å²) in [4.78, 5) is 22.6. The van der Waals surface area contributed by atoms with Crippen molar-refractivity contribution in [3.05, 3.63) is 28.3 Å². The van der Waals surface area contributed by atoms with E-state index in [-0.39, 0.29) is 17.3 Å². The summed E-state index contributed by atoms with van der Waals surface area (Å²) in [5.74, 6) is 0.112. The molecule has 0 saturated carbocycles. The van der Waals surface area contributed by atoms with Crippen LogP contribution in [0.25, 0.3) is 0 Å². The molecular formula is C10H12N2O4. The number of methoxy groups -OCH3 is 1. The molecule has 0 radical (unpaired) electrons. The molecule has 0 aromatic heterocycles. The Kier molecular flexibility index (Phi) is 3.44. The van der Waals surface area contributed by atoms with Crippen molar-refractivity contribution >= 4 is 17.3 Å². The van der Waals surface area contributed by atoms with E-state index in [1.165, 1.54) is 38.1 Å². The van der Waals surface area contributed by atoms with Gasteiger partial charge in [-0.1, -0.05) is 0 Å². The van der Waals surface area contributed by atoms with E-state index in [1.807, 2.05) is 0 Å². The number of carbonyl (C=O) groups is 1. The van der Waals surface area contributed by atoms with E-state index in [9.17, 15) is 14.9 Å². The second-order valence-corrected chi connectivity index (χ2v) is 3.19. The zero-order valence-electron chi connectivity index (χ0n) is 9.26. The van der Waals surface area contributed by atoms with Gasteiger partial charge < -0.3 is 9.64 Å². The first-order chi connectivity index (χ1) is 7.47. The van der Waals surface area contributed by atoms with Gasteiger partial charge in [0.1, 0.15) is 11.4 Å². The predicted octanol–water partition coefficient (Wildman–Crippen LogP) is 1.59. The largest absolute Gasteiger partial charge is 0.496 e. The van der Waals surface area contributed by atoms with Gasteiger partial charge in [-0.15, -0.1) is 0 Å². The Bertz CT molecular complexity index is 431. The van der Waals surface area contributed by atoms with Crippen LogP contribution >= 0.6 is 0 Å². The Labute approximate surface area is 92.6 Å². The summed E-state index contributed by atoms with van der Waals surface area (Å²) in [7, 11) is 2.91.